The first-order chi connectivity index (χ1) is 4.39. The molecule has 9 heavy (non-hydrogen) atoms. The van der Waals surface area contributed by atoms with Crippen LogP contribution >= 0.6 is 0 Å². The van der Waals surface area contributed by atoms with Crippen LogP contribution in [0.2, 0.25) is 0 Å². The Bertz CT molecular complexity index is 107. The van der Waals surface area contributed by atoms with E-state index in [0.717, 1.165) is 6.42 Å². The average Bonchev–Trinajstić information content (AvgIpc) is 1.94. The van der Waals surface area contributed by atoms with Gasteiger partial charge in [-0.05, 0) is 19.8 Å². The van der Waals surface area contributed by atoms with Crippen LogP contribution in [0.3, 0.4) is 0 Å². The largest absolute Gasteiger partial charge is 0.0844 e. The molecule has 0 saturated carbocycles. The highest BCUT2D eigenvalue weighted by molar-refractivity contribution is 5.11. The first-order valence-electron chi connectivity index (χ1n) is 3.70. The second-order valence-corrected chi connectivity index (χ2v) is 1.96. The molecule has 0 heterocycles. The van der Waals surface area contributed by atoms with Crippen molar-refractivity contribution >= 4 is 0 Å². The summed E-state index contributed by atoms with van der Waals surface area (Å²) in [4.78, 5) is 0. The van der Waals surface area contributed by atoms with Gasteiger partial charge >= 0.3 is 0 Å². The van der Waals surface area contributed by atoms with Gasteiger partial charge in [0.05, 0.1) is 0 Å². The SMILES string of the molecule is CC.CC1=CCC=CC1. The van der Waals surface area contributed by atoms with E-state index in [2.05, 4.69) is 25.2 Å². The Labute approximate surface area is 58.3 Å². The molecule has 0 amide bonds. The van der Waals surface area contributed by atoms with Gasteiger partial charge in [0.15, 0.2) is 0 Å². The molecule has 0 heteroatoms. The maximum Gasteiger partial charge on any atom is -0.0141 e. The average molecular weight is 124 g/mol. The van der Waals surface area contributed by atoms with Crippen LogP contribution in [0.25, 0.3) is 0 Å². The van der Waals surface area contributed by atoms with Gasteiger partial charge in [-0.2, -0.15) is 0 Å². The Morgan fingerprint density at radius 1 is 1.22 bits per heavy atom. The summed E-state index contributed by atoms with van der Waals surface area (Å²) < 4.78 is 0. The van der Waals surface area contributed by atoms with Crippen LogP contribution in [-0.2, 0) is 0 Å². The molecule has 0 atom stereocenters. The third kappa shape index (κ3) is 4.01. The van der Waals surface area contributed by atoms with E-state index in [9.17, 15) is 0 Å². The number of hydrogen-bond donors (Lipinski definition) is 0. The third-order valence-electron chi connectivity index (χ3n) is 1.21. The minimum atomic E-state index is 1.14. The van der Waals surface area contributed by atoms with E-state index in [0.29, 0.717) is 0 Å². The quantitative estimate of drug-likeness (QED) is 0.434. The number of allylic oxidation sites excluding steroid dienone is 4. The molecule has 52 valence electrons. The topological polar surface area (TPSA) is 0 Å². The minimum absolute atomic E-state index is 1.14. The first-order valence-corrected chi connectivity index (χ1v) is 3.70. The van der Waals surface area contributed by atoms with Gasteiger partial charge in [-0.15, -0.1) is 0 Å². The van der Waals surface area contributed by atoms with E-state index in [4.69, 9.17) is 0 Å². The van der Waals surface area contributed by atoms with Crippen molar-refractivity contribution in [3.63, 3.8) is 0 Å². The van der Waals surface area contributed by atoms with Crippen molar-refractivity contribution < 1.29 is 0 Å². The van der Waals surface area contributed by atoms with Crippen LogP contribution in [0, 0.1) is 0 Å². The Balaban J connectivity index is 0.000000291. The smallest absolute Gasteiger partial charge is 0.0141 e. The van der Waals surface area contributed by atoms with E-state index in [1.807, 2.05) is 13.8 Å². The van der Waals surface area contributed by atoms with Crippen LogP contribution in [0.5, 0.6) is 0 Å². The van der Waals surface area contributed by atoms with E-state index in [-0.39, 0.29) is 0 Å². The van der Waals surface area contributed by atoms with Crippen molar-refractivity contribution in [2.75, 3.05) is 0 Å². The van der Waals surface area contributed by atoms with Crippen molar-refractivity contribution in [3.05, 3.63) is 23.8 Å². The summed E-state index contributed by atoms with van der Waals surface area (Å²) in [7, 11) is 0. The molecule has 0 N–H and O–H groups in total. The number of hydrogen-bond acceptors (Lipinski definition) is 0. The van der Waals surface area contributed by atoms with Gasteiger partial charge in [0.1, 0.15) is 0 Å². The van der Waals surface area contributed by atoms with Crippen molar-refractivity contribution in [3.8, 4) is 0 Å². The molecule has 0 aromatic carbocycles. The lowest BCUT2D eigenvalue weighted by molar-refractivity contribution is 1.12. The van der Waals surface area contributed by atoms with E-state index < -0.39 is 0 Å². The highest BCUT2D eigenvalue weighted by Crippen LogP contribution is 2.07. The van der Waals surface area contributed by atoms with Crippen LogP contribution < -0.4 is 0 Å². The molecule has 0 fully saturated rings. The van der Waals surface area contributed by atoms with Gasteiger partial charge in [0.2, 0.25) is 0 Å². The van der Waals surface area contributed by atoms with E-state index in [1.54, 1.807) is 0 Å². The van der Waals surface area contributed by atoms with Crippen molar-refractivity contribution in [2.24, 2.45) is 0 Å². The lowest BCUT2D eigenvalue weighted by atomic mass is 10.1. The molecule has 0 saturated heterocycles. The van der Waals surface area contributed by atoms with Gasteiger partial charge in [0, 0.05) is 0 Å². The summed E-state index contributed by atoms with van der Waals surface area (Å²) in [5, 5.41) is 0. The van der Waals surface area contributed by atoms with Crippen molar-refractivity contribution in [1.82, 2.24) is 0 Å². The first kappa shape index (κ1) is 8.48. The highest BCUT2D eigenvalue weighted by atomic mass is 13.9. The Hall–Kier alpha value is -0.520. The molecule has 0 unspecified atom stereocenters. The lowest BCUT2D eigenvalue weighted by Gasteiger charge is -1.98. The maximum absolute atomic E-state index is 2.26. The Morgan fingerprint density at radius 2 is 1.89 bits per heavy atom. The monoisotopic (exact) mass is 124 g/mol. The Morgan fingerprint density at radius 3 is 2.11 bits per heavy atom. The third-order valence-corrected chi connectivity index (χ3v) is 1.21. The normalized spacial score (nSPS) is 15.7. The van der Waals surface area contributed by atoms with E-state index in [1.165, 1.54) is 12.0 Å². The summed E-state index contributed by atoms with van der Waals surface area (Å²) in [5.74, 6) is 0. The molecule has 1 aliphatic rings. The second kappa shape index (κ2) is 5.61. The van der Waals surface area contributed by atoms with Crippen molar-refractivity contribution in [2.45, 2.75) is 33.6 Å². The van der Waals surface area contributed by atoms with Crippen LogP contribution in [0.15, 0.2) is 23.8 Å². The fraction of sp³-hybridized carbons (Fsp3) is 0.556. The van der Waals surface area contributed by atoms with Crippen LogP contribution in [0.4, 0.5) is 0 Å². The molecule has 0 radical (unpaired) electrons. The number of rotatable bonds is 0. The van der Waals surface area contributed by atoms with E-state index >= 15 is 0 Å². The summed E-state index contributed by atoms with van der Waals surface area (Å²) >= 11 is 0. The predicted octanol–water partition coefficient (Wildman–Crippen LogP) is 3.31. The van der Waals surface area contributed by atoms with Crippen molar-refractivity contribution in [1.29, 1.82) is 0 Å². The summed E-state index contributed by atoms with van der Waals surface area (Å²) in [6.45, 7) is 6.17. The molecular formula is C9H16. The molecule has 0 spiro atoms. The standard InChI is InChI=1S/C7H10.C2H6/c1-7-5-3-2-4-6-7;1-2/h2-3,6H,4-5H2,1H3;1-2H3. The lowest BCUT2D eigenvalue weighted by Crippen LogP contribution is -1.77. The molecule has 0 bridgehead atoms. The summed E-state index contributed by atoms with van der Waals surface area (Å²) in [6.07, 6.45) is 8.99. The minimum Gasteiger partial charge on any atom is -0.0844 e. The molecule has 1 aliphatic carbocycles. The zero-order valence-electron chi connectivity index (χ0n) is 6.65. The molecule has 1 rings (SSSR count). The molecule has 0 nitrogen and oxygen atoms in total. The highest BCUT2D eigenvalue weighted by Gasteiger charge is 1.87. The van der Waals surface area contributed by atoms with Gasteiger partial charge in [-0.25, -0.2) is 0 Å². The maximum atomic E-state index is 2.26. The Kier molecular flexibility index (Phi) is 5.29. The fourth-order valence-electron chi connectivity index (χ4n) is 0.718. The summed E-state index contributed by atoms with van der Waals surface area (Å²) in [5.41, 5.74) is 1.50. The summed E-state index contributed by atoms with van der Waals surface area (Å²) in [6, 6.07) is 0. The van der Waals surface area contributed by atoms with Crippen LogP contribution in [-0.4, -0.2) is 0 Å². The molecule has 0 aromatic heterocycles. The molecular weight excluding hydrogens is 108 g/mol. The second-order valence-electron chi connectivity index (χ2n) is 1.96. The van der Waals surface area contributed by atoms with Crippen LogP contribution in [0.1, 0.15) is 33.6 Å². The van der Waals surface area contributed by atoms with Gasteiger partial charge < -0.3 is 0 Å². The van der Waals surface area contributed by atoms with Gasteiger partial charge in [-0.3, -0.25) is 0 Å². The molecule has 0 aliphatic heterocycles. The zero-order valence-corrected chi connectivity index (χ0v) is 6.65. The van der Waals surface area contributed by atoms with Gasteiger partial charge in [0.25, 0.3) is 0 Å². The van der Waals surface area contributed by atoms with Gasteiger partial charge in [-0.1, -0.05) is 37.6 Å². The molecule has 0 aromatic rings. The predicted molar refractivity (Wildman–Crippen MR) is 43.5 cm³/mol. The zero-order chi connectivity index (χ0) is 7.11. The fourth-order valence-corrected chi connectivity index (χ4v) is 0.718.